The van der Waals surface area contributed by atoms with Crippen molar-refractivity contribution in [3.05, 3.63) is 16.5 Å². The fraction of sp³-hybridized carbons (Fsp3) is 0.692. The Kier molecular flexibility index (Phi) is 3.89. The molecule has 3 aliphatic rings. The molecule has 4 rings (SSSR count). The minimum absolute atomic E-state index is 0.0613. The summed E-state index contributed by atoms with van der Waals surface area (Å²) >= 11 is 1.29. The fourth-order valence-corrected chi connectivity index (χ4v) is 5.96. The lowest BCUT2D eigenvalue weighted by Crippen LogP contribution is -2.57. The van der Waals surface area contributed by atoms with Gasteiger partial charge in [-0.25, -0.2) is 13.1 Å². The minimum Gasteiger partial charge on any atom is -0.326 e. The maximum atomic E-state index is 12.5. The van der Waals surface area contributed by atoms with Gasteiger partial charge in [-0.2, -0.15) is 0 Å². The summed E-state index contributed by atoms with van der Waals surface area (Å²) in [6.45, 7) is 5.37. The second-order valence-electron chi connectivity index (χ2n) is 5.74. The molecule has 7 heteroatoms. The molecule has 1 aromatic heterocycles. The molecular weight excluding hydrogens is 294 g/mol. The lowest BCUT2D eigenvalue weighted by Gasteiger charge is -2.44. The molecule has 3 saturated heterocycles. The van der Waals surface area contributed by atoms with Crippen molar-refractivity contribution < 1.29 is 8.42 Å². The molecule has 112 valence electrons. The average Bonchev–Trinajstić information content (AvgIpc) is 2.82. The van der Waals surface area contributed by atoms with Crippen LogP contribution in [0, 0.1) is 12.8 Å². The summed E-state index contributed by atoms with van der Waals surface area (Å²) < 4.78 is 28.3. The molecule has 3 fully saturated rings. The van der Waals surface area contributed by atoms with Crippen LogP contribution in [0.2, 0.25) is 0 Å². The van der Waals surface area contributed by atoms with Gasteiger partial charge in [0.1, 0.15) is 4.21 Å². The second-order valence-corrected chi connectivity index (χ2v) is 8.82. The quantitative estimate of drug-likeness (QED) is 0.865. The molecule has 0 spiro atoms. The van der Waals surface area contributed by atoms with E-state index < -0.39 is 10.0 Å². The summed E-state index contributed by atoms with van der Waals surface area (Å²) in [5, 5.41) is 0. The summed E-state index contributed by atoms with van der Waals surface area (Å²) in [6.07, 6.45) is 2.20. The van der Waals surface area contributed by atoms with Crippen LogP contribution in [0.4, 0.5) is 0 Å². The van der Waals surface area contributed by atoms with Gasteiger partial charge in [-0.3, -0.25) is 0 Å². The number of fused-ring (bicyclic) bond motifs is 3. The Labute approximate surface area is 124 Å². The third-order valence-electron chi connectivity index (χ3n) is 4.41. The number of nitrogens with two attached hydrogens (primary N) is 1. The summed E-state index contributed by atoms with van der Waals surface area (Å²) in [7, 11) is -3.41. The van der Waals surface area contributed by atoms with Crippen molar-refractivity contribution in [3.8, 4) is 0 Å². The minimum atomic E-state index is -3.41. The van der Waals surface area contributed by atoms with Gasteiger partial charge in [-0.05, 0) is 50.4 Å². The number of nitrogens with one attached hydrogen (secondary N) is 1. The van der Waals surface area contributed by atoms with Gasteiger partial charge in [0.05, 0.1) is 0 Å². The average molecular weight is 315 g/mol. The number of rotatable bonds is 4. The van der Waals surface area contributed by atoms with E-state index in [-0.39, 0.29) is 6.04 Å². The predicted octanol–water partition coefficient (Wildman–Crippen LogP) is 0.888. The van der Waals surface area contributed by atoms with Crippen molar-refractivity contribution in [2.75, 3.05) is 19.6 Å². The predicted molar refractivity (Wildman–Crippen MR) is 80.2 cm³/mol. The molecule has 3 N–H and O–H groups in total. The molecule has 3 aliphatic heterocycles. The van der Waals surface area contributed by atoms with Crippen LogP contribution in [0.3, 0.4) is 0 Å². The standard InChI is InChI=1S/C13H21N3O2S2/c1-9-6-13(19-12(9)7-14)20(17,18)15-11-8-16-4-2-10(11)3-5-16/h6,10-11,15H,2-5,7-8,14H2,1H3. The van der Waals surface area contributed by atoms with E-state index in [0.717, 1.165) is 42.9 Å². The Morgan fingerprint density at radius 1 is 1.45 bits per heavy atom. The van der Waals surface area contributed by atoms with Crippen LogP contribution in [-0.2, 0) is 16.6 Å². The number of piperidine rings is 3. The number of thiophene rings is 1. The SMILES string of the molecule is Cc1cc(S(=O)(=O)NC2CN3CCC2CC3)sc1CN. The molecule has 1 atom stereocenters. The highest BCUT2D eigenvalue weighted by molar-refractivity contribution is 7.91. The van der Waals surface area contributed by atoms with E-state index in [0.29, 0.717) is 16.7 Å². The Morgan fingerprint density at radius 2 is 2.15 bits per heavy atom. The van der Waals surface area contributed by atoms with Crippen LogP contribution >= 0.6 is 11.3 Å². The molecule has 1 unspecified atom stereocenters. The van der Waals surface area contributed by atoms with Crippen molar-refractivity contribution in [1.82, 2.24) is 9.62 Å². The first-order valence-corrected chi connectivity index (χ1v) is 9.33. The van der Waals surface area contributed by atoms with Crippen molar-refractivity contribution >= 4 is 21.4 Å². The molecule has 2 bridgehead atoms. The van der Waals surface area contributed by atoms with Crippen molar-refractivity contribution in [1.29, 1.82) is 0 Å². The number of nitrogens with zero attached hydrogens (tertiary/aromatic N) is 1. The van der Waals surface area contributed by atoms with Crippen molar-refractivity contribution in [2.24, 2.45) is 11.7 Å². The normalized spacial score (nSPS) is 29.8. The molecule has 4 heterocycles. The molecule has 0 aliphatic carbocycles. The lowest BCUT2D eigenvalue weighted by molar-refractivity contribution is 0.0827. The summed E-state index contributed by atoms with van der Waals surface area (Å²) in [5.41, 5.74) is 6.59. The molecule has 0 aromatic carbocycles. The molecule has 0 radical (unpaired) electrons. The highest BCUT2D eigenvalue weighted by atomic mass is 32.2. The Hall–Kier alpha value is -0.470. The van der Waals surface area contributed by atoms with E-state index >= 15 is 0 Å². The van der Waals surface area contributed by atoms with Gasteiger partial charge in [0.2, 0.25) is 10.0 Å². The summed E-state index contributed by atoms with van der Waals surface area (Å²) in [6, 6.07) is 1.79. The van der Waals surface area contributed by atoms with E-state index in [1.54, 1.807) is 6.07 Å². The summed E-state index contributed by atoms with van der Waals surface area (Å²) in [4.78, 5) is 3.29. The first kappa shape index (κ1) is 14.5. The van der Waals surface area contributed by atoms with Crippen LogP contribution in [0.1, 0.15) is 23.3 Å². The Balaban J connectivity index is 1.78. The first-order chi connectivity index (χ1) is 9.49. The van der Waals surface area contributed by atoms with Gasteiger partial charge >= 0.3 is 0 Å². The van der Waals surface area contributed by atoms with Gasteiger partial charge in [0.25, 0.3) is 0 Å². The molecule has 0 amide bonds. The maximum absolute atomic E-state index is 12.5. The second kappa shape index (κ2) is 5.38. The largest absolute Gasteiger partial charge is 0.326 e. The van der Waals surface area contributed by atoms with Crippen LogP contribution in [-0.4, -0.2) is 39.0 Å². The van der Waals surface area contributed by atoms with E-state index in [4.69, 9.17) is 5.73 Å². The molecular formula is C13H21N3O2S2. The Bertz CT molecular complexity index is 589. The van der Waals surface area contributed by atoms with Crippen LogP contribution in [0.25, 0.3) is 0 Å². The zero-order valence-corrected chi connectivity index (χ0v) is 13.3. The van der Waals surface area contributed by atoms with E-state index in [9.17, 15) is 8.42 Å². The van der Waals surface area contributed by atoms with Crippen LogP contribution < -0.4 is 10.5 Å². The molecule has 20 heavy (non-hydrogen) atoms. The smallest absolute Gasteiger partial charge is 0.250 e. The first-order valence-electron chi connectivity index (χ1n) is 7.03. The van der Waals surface area contributed by atoms with Gasteiger partial charge in [0.15, 0.2) is 0 Å². The van der Waals surface area contributed by atoms with Crippen LogP contribution in [0.15, 0.2) is 10.3 Å². The molecule has 5 nitrogen and oxygen atoms in total. The van der Waals surface area contributed by atoms with Gasteiger partial charge in [-0.15, -0.1) is 11.3 Å². The van der Waals surface area contributed by atoms with Gasteiger partial charge in [0, 0.05) is 24.0 Å². The molecule has 0 saturated carbocycles. The highest BCUT2D eigenvalue weighted by Gasteiger charge is 2.36. The fourth-order valence-electron chi connectivity index (χ4n) is 3.18. The van der Waals surface area contributed by atoms with E-state index in [2.05, 4.69) is 9.62 Å². The summed E-state index contributed by atoms with van der Waals surface area (Å²) in [5.74, 6) is 0.491. The van der Waals surface area contributed by atoms with Gasteiger partial charge in [-0.1, -0.05) is 0 Å². The zero-order chi connectivity index (χ0) is 14.3. The van der Waals surface area contributed by atoms with Crippen molar-refractivity contribution in [2.45, 2.75) is 36.6 Å². The number of aryl methyl sites for hydroxylation is 1. The lowest BCUT2D eigenvalue weighted by atomic mass is 9.85. The topological polar surface area (TPSA) is 75.4 Å². The third kappa shape index (κ3) is 2.65. The third-order valence-corrected chi connectivity index (χ3v) is 7.63. The van der Waals surface area contributed by atoms with Gasteiger partial charge < -0.3 is 10.6 Å². The number of hydrogen-bond donors (Lipinski definition) is 2. The monoisotopic (exact) mass is 315 g/mol. The van der Waals surface area contributed by atoms with E-state index in [1.807, 2.05) is 6.92 Å². The number of sulfonamides is 1. The van der Waals surface area contributed by atoms with E-state index in [1.165, 1.54) is 11.3 Å². The number of hydrogen-bond acceptors (Lipinski definition) is 5. The Morgan fingerprint density at radius 3 is 2.65 bits per heavy atom. The maximum Gasteiger partial charge on any atom is 0.250 e. The van der Waals surface area contributed by atoms with Crippen molar-refractivity contribution in [3.63, 3.8) is 0 Å². The van der Waals surface area contributed by atoms with Crippen LogP contribution in [0.5, 0.6) is 0 Å². The highest BCUT2D eigenvalue weighted by Crippen LogP contribution is 2.30. The molecule has 1 aromatic rings. The zero-order valence-electron chi connectivity index (χ0n) is 11.6.